The molecule has 1 heterocycles. The molecule has 4 heteroatoms. The molecule has 0 bridgehead atoms. The minimum atomic E-state index is 0.248. The third-order valence-corrected chi connectivity index (χ3v) is 3.69. The predicted molar refractivity (Wildman–Crippen MR) is 74.7 cm³/mol. The van der Waals surface area contributed by atoms with Crippen LogP contribution in [0.3, 0.4) is 0 Å². The van der Waals surface area contributed by atoms with Crippen LogP contribution in [0, 0.1) is 0 Å². The topological polar surface area (TPSA) is 35.3 Å². The van der Waals surface area contributed by atoms with Crippen LogP contribution in [0.25, 0.3) is 11.3 Å². The molecule has 2 rings (SSSR count). The van der Waals surface area contributed by atoms with Gasteiger partial charge in [-0.25, -0.2) is 4.98 Å². The van der Waals surface area contributed by atoms with Crippen molar-refractivity contribution >= 4 is 11.8 Å². The molecule has 0 aliphatic heterocycles. The number of oxazole rings is 1. The number of aromatic nitrogens is 1. The van der Waals surface area contributed by atoms with Gasteiger partial charge in [0.05, 0.1) is 18.1 Å². The lowest BCUT2D eigenvalue weighted by atomic mass is 10.2. The van der Waals surface area contributed by atoms with Crippen molar-refractivity contribution < 1.29 is 9.15 Å². The maximum absolute atomic E-state index is 5.79. The van der Waals surface area contributed by atoms with Gasteiger partial charge in [-0.1, -0.05) is 30.3 Å². The first-order chi connectivity index (χ1) is 8.81. The second kappa shape index (κ2) is 6.61. The predicted octanol–water partition coefficient (Wildman–Crippen LogP) is 3.78. The van der Waals surface area contributed by atoms with Gasteiger partial charge in [0.25, 0.3) is 0 Å². The highest BCUT2D eigenvalue weighted by Gasteiger charge is 2.13. The number of methoxy groups -OCH3 is 1. The third-order valence-electron chi connectivity index (χ3n) is 2.58. The van der Waals surface area contributed by atoms with E-state index in [1.807, 2.05) is 30.3 Å². The van der Waals surface area contributed by atoms with Gasteiger partial charge in [-0.15, -0.1) is 11.8 Å². The first-order valence-corrected chi connectivity index (χ1v) is 6.98. The van der Waals surface area contributed by atoms with E-state index in [-0.39, 0.29) is 5.25 Å². The Hall–Kier alpha value is -1.26. The fraction of sp³-hybridized carbons (Fsp3) is 0.357. The van der Waals surface area contributed by atoms with Crippen LogP contribution in [-0.4, -0.2) is 24.5 Å². The van der Waals surface area contributed by atoms with Gasteiger partial charge in [0, 0.05) is 18.4 Å². The van der Waals surface area contributed by atoms with Crippen molar-refractivity contribution in [1.29, 1.82) is 0 Å². The Balaban J connectivity index is 2.02. The first-order valence-electron chi connectivity index (χ1n) is 5.93. The van der Waals surface area contributed by atoms with Crippen molar-refractivity contribution in [3.63, 3.8) is 0 Å². The number of hydrogen-bond acceptors (Lipinski definition) is 4. The minimum Gasteiger partial charge on any atom is -0.440 e. The van der Waals surface area contributed by atoms with Crippen LogP contribution >= 0.6 is 11.8 Å². The van der Waals surface area contributed by atoms with E-state index in [9.17, 15) is 0 Å². The Kier molecular flexibility index (Phi) is 4.84. The standard InChI is InChI=1S/C14H17NO2S/c1-11(18-9-8-16-2)14-15-10-13(17-14)12-6-4-3-5-7-12/h3-7,10-11H,8-9H2,1-2H3/t11-/m0/s1. The van der Waals surface area contributed by atoms with Crippen LogP contribution in [0.5, 0.6) is 0 Å². The number of benzene rings is 1. The Morgan fingerprint density at radius 1 is 1.33 bits per heavy atom. The average Bonchev–Trinajstić information content (AvgIpc) is 2.89. The van der Waals surface area contributed by atoms with Gasteiger partial charge in [-0.2, -0.15) is 0 Å². The molecular formula is C14H17NO2S. The Morgan fingerprint density at radius 3 is 2.83 bits per heavy atom. The molecule has 3 nitrogen and oxygen atoms in total. The maximum atomic E-state index is 5.79. The number of hydrogen-bond donors (Lipinski definition) is 0. The molecule has 0 amide bonds. The molecule has 1 aromatic carbocycles. The molecule has 1 aromatic heterocycles. The van der Waals surface area contributed by atoms with E-state index in [1.165, 1.54) is 0 Å². The minimum absolute atomic E-state index is 0.248. The number of rotatable bonds is 6. The van der Waals surface area contributed by atoms with Gasteiger partial charge in [-0.3, -0.25) is 0 Å². The highest BCUT2D eigenvalue weighted by Crippen LogP contribution is 2.30. The SMILES string of the molecule is COCCS[C@@H](C)c1ncc(-c2ccccc2)o1. The van der Waals surface area contributed by atoms with E-state index >= 15 is 0 Å². The molecule has 0 fully saturated rings. The van der Waals surface area contributed by atoms with Gasteiger partial charge in [0.2, 0.25) is 5.89 Å². The van der Waals surface area contributed by atoms with Crippen LogP contribution in [0.15, 0.2) is 40.9 Å². The Morgan fingerprint density at radius 2 is 2.11 bits per heavy atom. The molecule has 0 unspecified atom stereocenters. The van der Waals surface area contributed by atoms with E-state index in [2.05, 4.69) is 11.9 Å². The lowest BCUT2D eigenvalue weighted by molar-refractivity contribution is 0.218. The molecule has 0 aliphatic rings. The van der Waals surface area contributed by atoms with Gasteiger partial charge in [0.15, 0.2) is 5.76 Å². The molecular weight excluding hydrogens is 246 g/mol. The van der Waals surface area contributed by atoms with E-state index < -0.39 is 0 Å². The fourth-order valence-electron chi connectivity index (χ4n) is 1.59. The zero-order valence-electron chi connectivity index (χ0n) is 10.6. The van der Waals surface area contributed by atoms with Crippen molar-refractivity contribution in [3.8, 4) is 11.3 Å². The fourth-order valence-corrected chi connectivity index (χ4v) is 2.46. The molecule has 0 radical (unpaired) electrons. The van der Waals surface area contributed by atoms with Gasteiger partial charge < -0.3 is 9.15 Å². The number of nitrogens with zero attached hydrogens (tertiary/aromatic N) is 1. The zero-order valence-corrected chi connectivity index (χ0v) is 11.4. The summed E-state index contributed by atoms with van der Waals surface area (Å²) in [5, 5.41) is 0.248. The van der Waals surface area contributed by atoms with Crippen LogP contribution in [0.4, 0.5) is 0 Å². The van der Waals surface area contributed by atoms with E-state index in [0.29, 0.717) is 0 Å². The largest absolute Gasteiger partial charge is 0.440 e. The number of ether oxygens (including phenoxy) is 1. The van der Waals surface area contributed by atoms with Crippen LogP contribution < -0.4 is 0 Å². The van der Waals surface area contributed by atoms with Gasteiger partial charge >= 0.3 is 0 Å². The monoisotopic (exact) mass is 263 g/mol. The molecule has 0 aliphatic carbocycles. The summed E-state index contributed by atoms with van der Waals surface area (Å²) in [5.41, 5.74) is 1.06. The molecule has 96 valence electrons. The summed E-state index contributed by atoms with van der Waals surface area (Å²) in [6, 6.07) is 10.0. The second-order valence-electron chi connectivity index (χ2n) is 3.93. The summed E-state index contributed by atoms with van der Waals surface area (Å²) in [6.07, 6.45) is 1.79. The third kappa shape index (κ3) is 3.37. The van der Waals surface area contributed by atoms with E-state index in [4.69, 9.17) is 9.15 Å². The quantitative estimate of drug-likeness (QED) is 0.743. The van der Waals surface area contributed by atoms with Crippen LogP contribution in [0.2, 0.25) is 0 Å². The highest BCUT2D eigenvalue weighted by molar-refractivity contribution is 7.99. The molecule has 2 aromatic rings. The maximum Gasteiger partial charge on any atom is 0.207 e. The summed E-state index contributed by atoms with van der Waals surface area (Å²) in [7, 11) is 1.71. The van der Waals surface area contributed by atoms with Crippen molar-refractivity contribution in [3.05, 3.63) is 42.4 Å². The van der Waals surface area contributed by atoms with E-state index in [0.717, 1.165) is 29.6 Å². The second-order valence-corrected chi connectivity index (χ2v) is 5.38. The smallest absolute Gasteiger partial charge is 0.207 e. The van der Waals surface area contributed by atoms with Gasteiger partial charge in [-0.05, 0) is 6.92 Å². The molecule has 18 heavy (non-hydrogen) atoms. The Bertz CT molecular complexity index is 470. The molecule has 0 saturated heterocycles. The van der Waals surface area contributed by atoms with Crippen LogP contribution in [-0.2, 0) is 4.74 Å². The van der Waals surface area contributed by atoms with Gasteiger partial charge in [0.1, 0.15) is 0 Å². The summed E-state index contributed by atoms with van der Waals surface area (Å²) in [5.74, 6) is 2.54. The summed E-state index contributed by atoms with van der Waals surface area (Å²) in [6.45, 7) is 2.85. The van der Waals surface area contributed by atoms with Crippen molar-refractivity contribution in [1.82, 2.24) is 4.98 Å². The van der Waals surface area contributed by atoms with Crippen molar-refractivity contribution in [2.24, 2.45) is 0 Å². The lowest BCUT2D eigenvalue weighted by Crippen LogP contribution is -1.95. The van der Waals surface area contributed by atoms with E-state index in [1.54, 1.807) is 25.1 Å². The summed E-state index contributed by atoms with van der Waals surface area (Å²) in [4.78, 5) is 4.34. The summed E-state index contributed by atoms with van der Waals surface area (Å²) >= 11 is 1.78. The molecule has 0 spiro atoms. The molecule has 1 atom stereocenters. The average molecular weight is 263 g/mol. The molecule has 0 N–H and O–H groups in total. The zero-order chi connectivity index (χ0) is 12.8. The normalized spacial score (nSPS) is 12.6. The van der Waals surface area contributed by atoms with Crippen molar-refractivity contribution in [2.45, 2.75) is 12.2 Å². The van der Waals surface area contributed by atoms with Crippen LogP contribution in [0.1, 0.15) is 18.1 Å². The first kappa shape index (κ1) is 13.2. The molecule has 0 saturated carbocycles. The highest BCUT2D eigenvalue weighted by atomic mass is 32.2. The number of thioether (sulfide) groups is 1. The lowest BCUT2D eigenvalue weighted by Gasteiger charge is -2.06. The summed E-state index contributed by atoms with van der Waals surface area (Å²) < 4.78 is 10.8. The van der Waals surface area contributed by atoms with Crippen molar-refractivity contribution in [2.75, 3.05) is 19.5 Å². The Labute approximate surface area is 112 Å².